The van der Waals surface area contributed by atoms with E-state index in [0.29, 0.717) is 11.7 Å². The minimum atomic E-state index is -0.432. The summed E-state index contributed by atoms with van der Waals surface area (Å²) in [6, 6.07) is 4.58. The summed E-state index contributed by atoms with van der Waals surface area (Å²) in [5.74, 6) is 0.511. The normalized spacial score (nSPS) is 11.2. The number of nitrogens with zero attached hydrogens (tertiary/aromatic N) is 1. The van der Waals surface area contributed by atoms with Gasteiger partial charge in [0.2, 0.25) is 0 Å². The van der Waals surface area contributed by atoms with Crippen molar-refractivity contribution >= 4 is 17.4 Å². The maximum atomic E-state index is 13.1. The van der Waals surface area contributed by atoms with E-state index in [1.165, 1.54) is 6.07 Å². The van der Waals surface area contributed by atoms with Crippen LogP contribution in [0.25, 0.3) is 11.3 Å². The van der Waals surface area contributed by atoms with Crippen molar-refractivity contribution in [3.63, 3.8) is 0 Å². The Bertz CT molecular complexity index is 563. The minimum Gasteiger partial charge on any atom is -0.382 e. The average molecular weight is 268 g/mol. The number of aromatic amines is 1. The summed E-state index contributed by atoms with van der Waals surface area (Å²) >= 11 is 5.79. The monoisotopic (exact) mass is 267 g/mol. The molecule has 0 aliphatic carbocycles. The Morgan fingerprint density at radius 3 is 2.78 bits per heavy atom. The maximum absolute atomic E-state index is 13.1. The molecular weight excluding hydrogens is 253 g/mol. The van der Waals surface area contributed by atoms with Crippen molar-refractivity contribution in [2.75, 3.05) is 5.73 Å². The van der Waals surface area contributed by atoms with Crippen LogP contribution in [-0.4, -0.2) is 10.2 Å². The van der Waals surface area contributed by atoms with E-state index in [9.17, 15) is 4.39 Å². The van der Waals surface area contributed by atoms with Gasteiger partial charge in [-0.3, -0.25) is 5.10 Å². The van der Waals surface area contributed by atoms with Crippen LogP contribution < -0.4 is 5.73 Å². The van der Waals surface area contributed by atoms with E-state index in [4.69, 9.17) is 17.3 Å². The zero-order chi connectivity index (χ0) is 13.3. The second-order valence-electron chi connectivity index (χ2n) is 4.69. The molecule has 96 valence electrons. The van der Waals surface area contributed by atoms with Gasteiger partial charge >= 0.3 is 0 Å². The highest BCUT2D eigenvalue weighted by molar-refractivity contribution is 6.31. The smallest absolute Gasteiger partial charge is 0.149 e. The van der Waals surface area contributed by atoms with Crippen LogP contribution in [0.4, 0.5) is 10.2 Å². The average Bonchev–Trinajstić information content (AvgIpc) is 2.64. The number of hydrogen-bond donors (Lipinski definition) is 2. The summed E-state index contributed by atoms with van der Waals surface area (Å²) in [5.41, 5.74) is 8.40. The van der Waals surface area contributed by atoms with Crippen molar-refractivity contribution in [3.05, 3.63) is 34.6 Å². The van der Waals surface area contributed by atoms with Gasteiger partial charge in [-0.05, 0) is 30.5 Å². The Labute approximate surface area is 110 Å². The van der Waals surface area contributed by atoms with Gasteiger partial charge in [0.05, 0.1) is 10.7 Å². The molecule has 0 saturated heterocycles. The van der Waals surface area contributed by atoms with Crippen LogP contribution >= 0.6 is 11.6 Å². The summed E-state index contributed by atoms with van der Waals surface area (Å²) in [7, 11) is 0. The van der Waals surface area contributed by atoms with E-state index >= 15 is 0 Å². The molecule has 2 rings (SSSR count). The molecule has 18 heavy (non-hydrogen) atoms. The molecule has 1 heterocycles. The standard InChI is InChI=1S/C13H15ClFN3/c1-7(2)5-9-12(17-18-13(9)16)8-3-4-11(15)10(14)6-8/h3-4,6-7H,5H2,1-2H3,(H3,16,17,18). The Morgan fingerprint density at radius 2 is 2.17 bits per heavy atom. The molecule has 0 aliphatic heterocycles. The van der Waals surface area contributed by atoms with Crippen LogP contribution in [0.2, 0.25) is 5.02 Å². The first-order valence-electron chi connectivity index (χ1n) is 5.77. The molecule has 2 aromatic rings. The fourth-order valence-electron chi connectivity index (χ4n) is 1.88. The largest absolute Gasteiger partial charge is 0.382 e. The van der Waals surface area contributed by atoms with Crippen LogP contribution in [0.15, 0.2) is 18.2 Å². The predicted octanol–water partition coefficient (Wildman–Crippen LogP) is 3.65. The topological polar surface area (TPSA) is 54.7 Å². The van der Waals surface area contributed by atoms with Gasteiger partial charge in [-0.25, -0.2) is 4.39 Å². The lowest BCUT2D eigenvalue weighted by atomic mass is 9.99. The molecule has 3 nitrogen and oxygen atoms in total. The molecule has 3 N–H and O–H groups in total. The van der Waals surface area contributed by atoms with Crippen molar-refractivity contribution in [1.29, 1.82) is 0 Å². The lowest BCUT2D eigenvalue weighted by Gasteiger charge is -2.07. The number of nitrogens with one attached hydrogen (secondary N) is 1. The quantitative estimate of drug-likeness (QED) is 0.892. The van der Waals surface area contributed by atoms with Gasteiger partial charge in [0.25, 0.3) is 0 Å². The van der Waals surface area contributed by atoms with Crippen molar-refractivity contribution in [3.8, 4) is 11.3 Å². The third kappa shape index (κ3) is 2.48. The third-order valence-corrected chi connectivity index (χ3v) is 3.01. The van der Waals surface area contributed by atoms with Crippen LogP contribution in [0.1, 0.15) is 19.4 Å². The number of benzene rings is 1. The fourth-order valence-corrected chi connectivity index (χ4v) is 2.06. The molecule has 0 atom stereocenters. The Kier molecular flexibility index (Phi) is 3.57. The molecular formula is C13H15ClFN3. The van der Waals surface area contributed by atoms with Gasteiger partial charge in [-0.2, -0.15) is 5.10 Å². The van der Waals surface area contributed by atoms with Crippen molar-refractivity contribution < 1.29 is 4.39 Å². The summed E-state index contributed by atoms with van der Waals surface area (Å²) in [6.45, 7) is 4.21. The van der Waals surface area contributed by atoms with Crippen molar-refractivity contribution in [2.24, 2.45) is 5.92 Å². The predicted molar refractivity (Wildman–Crippen MR) is 71.9 cm³/mol. The van der Waals surface area contributed by atoms with Crippen molar-refractivity contribution in [2.45, 2.75) is 20.3 Å². The molecule has 0 unspecified atom stereocenters. The number of nitrogen functional groups attached to an aromatic ring is 1. The van der Waals surface area contributed by atoms with E-state index < -0.39 is 5.82 Å². The lowest BCUT2D eigenvalue weighted by molar-refractivity contribution is 0.628. The highest BCUT2D eigenvalue weighted by Crippen LogP contribution is 2.30. The first-order valence-corrected chi connectivity index (χ1v) is 6.15. The molecule has 0 fully saturated rings. The van der Waals surface area contributed by atoms with Crippen molar-refractivity contribution in [1.82, 2.24) is 10.2 Å². The van der Waals surface area contributed by atoms with Gasteiger partial charge in [-0.1, -0.05) is 25.4 Å². The van der Waals surface area contributed by atoms with Crippen LogP contribution in [0.3, 0.4) is 0 Å². The molecule has 1 aromatic heterocycles. The SMILES string of the molecule is CC(C)Cc1c(N)n[nH]c1-c1ccc(F)c(Cl)c1. The first kappa shape index (κ1) is 12.9. The summed E-state index contributed by atoms with van der Waals surface area (Å²) < 4.78 is 13.1. The highest BCUT2D eigenvalue weighted by Gasteiger charge is 2.14. The third-order valence-electron chi connectivity index (χ3n) is 2.72. The van der Waals surface area contributed by atoms with Crippen LogP contribution in [0, 0.1) is 11.7 Å². The zero-order valence-electron chi connectivity index (χ0n) is 10.3. The van der Waals surface area contributed by atoms with E-state index in [1.807, 2.05) is 0 Å². The zero-order valence-corrected chi connectivity index (χ0v) is 11.1. The van der Waals surface area contributed by atoms with E-state index in [1.54, 1.807) is 12.1 Å². The number of anilines is 1. The van der Waals surface area contributed by atoms with Gasteiger partial charge in [-0.15, -0.1) is 0 Å². The molecule has 0 aliphatic rings. The van der Waals surface area contributed by atoms with E-state index in [2.05, 4.69) is 24.0 Å². The molecule has 0 saturated carbocycles. The molecule has 5 heteroatoms. The minimum absolute atomic E-state index is 0.0937. The second-order valence-corrected chi connectivity index (χ2v) is 5.10. The summed E-state index contributed by atoms with van der Waals surface area (Å²) in [4.78, 5) is 0. The fraction of sp³-hybridized carbons (Fsp3) is 0.308. The number of hydrogen-bond acceptors (Lipinski definition) is 2. The second kappa shape index (κ2) is 4.98. The Hall–Kier alpha value is -1.55. The van der Waals surface area contributed by atoms with Gasteiger partial charge in [0, 0.05) is 11.1 Å². The number of halogens is 2. The summed E-state index contributed by atoms with van der Waals surface area (Å²) in [6.07, 6.45) is 0.812. The molecule has 0 amide bonds. The van der Waals surface area contributed by atoms with E-state index in [0.717, 1.165) is 23.2 Å². The molecule has 0 radical (unpaired) electrons. The first-order chi connectivity index (χ1) is 8.49. The number of nitrogens with two attached hydrogens (primary N) is 1. The van der Waals surface area contributed by atoms with Crippen LogP contribution in [-0.2, 0) is 6.42 Å². The van der Waals surface area contributed by atoms with Gasteiger partial charge < -0.3 is 5.73 Å². The highest BCUT2D eigenvalue weighted by atomic mass is 35.5. The Balaban J connectivity index is 2.47. The number of aromatic nitrogens is 2. The van der Waals surface area contributed by atoms with Crippen LogP contribution in [0.5, 0.6) is 0 Å². The lowest BCUT2D eigenvalue weighted by Crippen LogP contribution is -1.99. The van der Waals surface area contributed by atoms with Gasteiger partial charge in [0.15, 0.2) is 0 Å². The number of H-pyrrole nitrogens is 1. The van der Waals surface area contributed by atoms with Gasteiger partial charge in [0.1, 0.15) is 11.6 Å². The maximum Gasteiger partial charge on any atom is 0.149 e. The summed E-state index contributed by atoms with van der Waals surface area (Å²) in [5, 5.41) is 6.99. The number of rotatable bonds is 3. The molecule has 0 spiro atoms. The Morgan fingerprint density at radius 1 is 1.44 bits per heavy atom. The molecule has 0 bridgehead atoms. The van der Waals surface area contributed by atoms with E-state index in [-0.39, 0.29) is 5.02 Å². The molecule has 1 aromatic carbocycles.